The van der Waals surface area contributed by atoms with Crippen molar-refractivity contribution < 1.29 is 14.3 Å². The van der Waals surface area contributed by atoms with E-state index in [1.165, 1.54) is 0 Å². The van der Waals surface area contributed by atoms with Gasteiger partial charge in [-0.05, 0) is 98.4 Å². The second-order valence-corrected chi connectivity index (χ2v) is 10.7. The van der Waals surface area contributed by atoms with Gasteiger partial charge in [-0.2, -0.15) is 10.5 Å². The first kappa shape index (κ1) is 25.2. The Morgan fingerprint density at radius 3 is 2.11 bits per heavy atom. The topological polar surface area (TPSA) is 94.2 Å². The van der Waals surface area contributed by atoms with Crippen molar-refractivity contribution in [1.82, 2.24) is 4.90 Å². The minimum absolute atomic E-state index is 0.0533. The second-order valence-electron chi connectivity index (χ2n) is 7.41. The highest BCUT2D eigenvalue weighted by molar-refractivity contribution is 14.1. The zero-order valence-electron chi connectivity index (χ0n) is 18.0. The molecule has 0 unspecified atom stereocenters. The first-order chi connectivity index (χ1) is 16.9. The van der Waals surface area contributed by atoms with Crippen molar-refractivity contribution >= 4 is 74.2 Å². The Bertz CT molecular complexity index is 1430. The molecule has 0 radical (unpaired) electrons. The molecule has 0 atom stereocenters. The number of hydrogen-bond donors (Lipinski definition) is 0. The zero-order valence-corrected chi connectivity index (χ0v) is 23.1. The van der Waals surface area contributed by atoms with Crippen LogP contribution in [0, 0.1) is 29.8 Å². The van der Waals surface area contributed by atoms with Crippen LogP contribution in [-0.2, 0) is 17.9 Å². The zero-order chi connectivity index (χ0) is 24.9. The molecule has 0 saturated carbocycles. The minimum atomic E-state index is -0.383. The van der Waals surface area contributed by atoms with Gasteiger partial charge in [0.2, 0.25) is 0 Å². The lowest BCUT2D eigenvalue weighted by molar-refractivity contribution is -0.123. The number of carbonyl (C=O) groups excluding carboxylic acids is 2. The Hall–Kier alpha value is -2.87. The summed E-state index contributed by atoms with van der Waals surface area (Å²) in [6.45, 7) is 0.315. The Morgan fingerprint density at radius 2 is 1.49 bits per heavy atom. The van der Waals surface area contributed by atoms with Crippen LogP contribution < -0.4 is 4.74 Å². The molecule has 6 nitrogen and oxygen atoms in total. The van der Waals surface area contributed by atoms with Gasteiger partial charge in [0.05, 0.1) is 41.9 Å². The average molecular weight is 703 g/mol. The molecule has 35 heavy (non-hydrogen) atoms. The van der Waals surface area contributed by atoms with Gasteiger partial charge in [0, 0.05) is 5.56 Å². The number of ether oxygens (including phenoxy) is 1. The van der Waals surface area contributed by atoms with Crippen molar-refractivity contribution in [3.63, 3.8) is 0 Å². The monoisotopic (exact) mass is 703 g/mol. The number of halogens is 2. The Morgan fingerprint density at radius 1 is 0.914 bits per heavy atom. The Kier molecular flexibility index (Phi) is 8.11. The molecule has 1 aliphatic heterocycles. The maximum Gasteiger partial charge on any atom is 0.293 e. The van der Waals surface area contributed by atoms with Gasteiger partial charge in [0.25, 0.3) is 11.1 Å². The predicted molar refractivity (Wildman–Crippen MR) is 150 cm³/mol. The highest BCUT2D eigenvalue weighted by Crippen LogP contribution is 2.36. The predicted octanol–water partition coefficient (Wildman–Crippen LogP) is 6.45. The number of amides is 2. The largest absolute Gasteiger partial charge is 0.487 e. The van der Waals surface area contributed by atoms with E-state index in [9.17, 15) is 20.1 Å². The van der Waals surface area contributed by atoms with Crippen LogP contribution in [0.2, 0.25) is 0 Å². The first-order valence-electron chi connectivity index (χ1n) is 10.2. The number of imide groups is 1. The molecule has 3 aromatic rings. The summed E-state index contributed by atoms with van der Waals surface area (Å²) in [6.07, 6.45) is 1.69. The van der Waals surface area contributed by atoms with Crippen LogP contribution in [-0.4, -0.2) is 16.0 Å². The quantitative estimate of drug-likeness (QED) is 0.217. The van der Waals surface area contributed by atoms with E-state index in [-0.39, 0.29) is 24.3 Å². The third-order valence-electron chi connectivity index (χ3n) is 5.17. The third-order valence-corrected chi connectivity index (χ3v) is 7.68. The summed E-state index contributed by atoms with van der Waals surface area (Å²) in [5.41, 5.74) is 3.21. The SMILES string of the molecule is N#Cc1ccccc1COc1c(I)cc(/C=C2/SC(=O)N(Cc3ccccc3C#N)C2=O)cc1I. The van der Waals surface area contributed by atoms with Gasteiger partial charge in [-0.25, -0.2) is 0 Å². The molecule has 4 rings (SSSR count). The highest BCUT2D eigenvalue weighted by atomic mass is 127. The standard InChI is InChI=1S/C26H15I2N3O3S/c27-21-9-16(10-22(28)24(21)34-15-20-8-4-2-6-18(20)13-30)11-23-25(32)31(26(33)35-23)14-19-7-3-1-5-17(19)12-29/h1-11H,14-15H2/b23-11+. The number of nitriles is 2. The molecular formula is C26H15I2N3O3S. The molecule has 1 saturated heterocycles. The van der Waals surface area contributed by atoms with E-state index in [0.29, 0.717) is 27.3 Å². The van der Waals surface area contributed by atoms with Crippen LogP contribution in [0.1, 0.15) is 27.8 Å². The average Bonchev–Trinajstić information content (AvgIpc) is 3.11. The fraction of sp³-hybridized carbons (Fsp3) is 0.0769. The Labute approximate surface area is 233 Å². The summed E-state index contributed by atoms with van der Waals surface area (Å²) in [5, 5.41) is 18.2. The molecule has 172 valence electrons. The van der Waals surface area contributed by atoms with Gasteiger partial charge in [-0.1, -0.05) is 36.4 Å². The number of nitrogens with zero attached hydrogens (tertiary/aromatic N) is 3. The van der Waals surface area contributed by atoms with E-state index in [1.54, 1.807) is 36.4 Å². The van der Waals surface area contributed by atoms with Crippen molar-refractivity contribution in [3.8, 4) is 17.9 Å². The molecule has 0 aromatic heterocycles. The van der Waals surface area contributed by atoms with Gasteiger partial charge in [0.1, 0.15) is 12.4 Å². The normalized spacial score (nSPS) is 14.2. The van der Waals surface area contributed by atoms with Crippen molar-refractivity contribution in [1.29, 1.82) is 10.5 Å². The van der Waals surface area contributed by atoms with Gasteiger partial charge >= 0.3 is 0 Å². The summed E-state index contributed by atoms with van der Waals surface area (Å²) >= 11 is 5.23. The number of benzene rings is 3. The first-order valence-corrected chi connectivity index (χ1v) is 13.2. The molecule has 1 fully saturated rings. The van der Waals surface area contributed by atoms with E-state index >= 15 is 0 Å². The van der Waals surface area contributed by atoms with Crippen molar-refractivity contribution in [3.05, 3.63) is 101 Å². The molecule has 3 aromatic carbocycles. The van der Waals surface area contributed by atoms with Crippen molar-refractivity contribution in [2.45, 2.75) is 13.2 Å². The summed E-state index contributed by atoms with van der Waals surface area (Å²) in [7, 11) is 0. The van der Waals surface area contributed by atoms with Crippen molar-refractivity contribution in [2.24, 2.45) is 0 Å². The van der Waals surface area contributed by atoms with E-state index in [1.807, 2.05) is 30.3 Å². The van der Waals surface area contributed by atoms with Gasteiger partial charge in [0.15, 0.2) is 0 Å². The smallest absolute Gasteiger partial charge is 0.293 e. The lowest BCUT2D eigenvalue weighted by atomic mass is 10.1. The number of rotatable bonds is 6. The van der Waals surface area contributed by atoms with Crippen LogP contribution in [0.25, 0.3) is 6.08 Å². The maximum absolute atomic E-state index is 13.0. The maximum atomic E-state index is 13.0. The molecule has 0 aliphatic carbocycles. The molecule has 9 heteroatoms. The molecular weight excluding hydrogens is 688 g/mol. The summed E-state index contributed by atoms with van der Waals surface area (Å²) in [6, 6.07) is 22.2. The summed E-state index contributed by atoms with van der Waals surface area (Å²) in [5.74, 6) is 0.309. The van der Waals surface area contributed by atoms with Crippen LogP contribution >= 0.6 is 56.9 Å². The van der Waals surface area contributed by atoms with E-state index in [2.05, 4.69) is 57.3 Å². The van der Waals surface area contributed by atoms with Crippen LogP contribution in [0.15, 0.2) is 65.6 Å². The lowest BCUT2D eigenvalue weighted by Gasteiger charge is -2.13. The van der Waals surface area contributed by atoms with Gasteiger partial charge in [-0.15, -0.1) is 0 Å². The van der Waals surface area contributed by atoms with E-state index in [4.69, 9.17) is 4.74 Å². The molecule has 2 amide bonds. The van der Waals surface area contributed by atoms with Crippen LogP contribution in [0.5, 0.6) is 5.75 Å². The van der Waals surface area contributed by atoms with E-state index in [0.717, 1.165) is 34.9 Å². The van der Waals surface area contributed by atoms with Gasteiger partial charge in [-0.3, -0.25) is 14.5 Å². The number of thioether (sulfide) groups is 1. The van der Waals surface area contributed by atoms with Gasteiger partial charge < -0.3 is 4.74 Å². The second kappa shape index (κ2) is 11.2. The van der Waals surface area contributed by atoms with Crippen LogP contribution in [0.3, 0.4) is 0 Å². The van der Waals surface area contributed by atoms with E-state index < -0.39 is 0 Å². The Balaban J connectivity index is 1.53. The van der Waals surface area contributed by atoms with Crippen molar-refractivity contribution in [2.75, 3.05) is 0 Å². The van der Waals surface area contributed by atoms with Crippen LogP contribution in [0.4, 0.5) is 4.79 Å². The lowest BCUT2D eigenvalue weighted by Crippen LogP contribution is -2.27. The summed E-state index contributed by atoms with van der Waals surface area (Å²) < 4.78 is 7.71. The third kappa shape index (κ3) is 5.69. The minimum Gasteiger partial charge on any atom is -0.487 e. The summed E-state index contributed by atoms with van der Waals surface area (Å²) in [4.78, 5) is 27.0. The fourth-order valence-corrected chi connectivity index (χ4v) is 6.40. The molecule has 0 spiro atoms. The molecule has 0 bridgehead atoms. The number of hydrogen-bond acceptors (Lipinski definition) is 6. The highest BCUT2D eigenvalue weighted by Gasteiger charge is 2.35. The molecule has 1 heterocycles. The molecule has 1 aliphatic rings. The fourth-order valence-electron chi connectivity index (χ4n) is 3.43. The number of carbonyl (C=O) groups is 2. The molecule has 0 N–H and O–H groups in total.